The summed E-state index contributed by atoms with van der Waals surface area (Å²) in [6, 6.07) is 4.17. The second-order valence-corrected chi connectivity index (χ2v) is 4.46. The zero-order valence-electron chi connectivity index (χ0n) is 9.26. The van der Waals surface area contributed by atoms with E-state index in [2.05, 4.69) is 22.2 Å². The first kappa shape index (κ1) is 9.78. The van der Waals surface area contributed by atoms with Gasteiger partial charge in [-0.3, -0.25) is 0 Å². The normalized spacial score (nSPS) is 16.6. The quantitative estimate of drug-likeness (QED) is 0.845. The van der Waals surface area contributed by atoms with Gasteiger partial charge in [0.05, 0.1) is 17.6 Å². The molecule has 0 spiro atoms. The monoisotopic (exact) mass is 216 g/mol. The zero-order chi connectivity index (χ0) is 11.0. The molecule has 2 aromatic rings. The Morgan fingerprint density at radius 1 is 1.38 bits per heavy atom. The molecular weight excluding hydrogens is 200 g/mol. The molecule has 3 rings (SSSR count). The van der Waals surface area contributed by atoms with Crippen molar-refractivity contribution in [2.45, 2.75) is 31.6 Å². The first-order valence-corrected chi connectivity index (χ1v) is 5.92. The van der Waals surface area contributed by atoms with Crippen molar-refractivity contribution in [3.8, 4) is 0 Å². The van der Waals surface area contributed by atoms with Gasteiger partial charge in [0.2, 0.25) is 0 Å². The molecule has 1 aliphatic carbocycles. The van der Waals surface area contributed by atoms with Crippen molar-refractivity contribution in [2.75, 3.05) is 6.54 Å². The van der Waals surface area contributed by atoms with E-state index in [1.807, 2.05) is 10.7 Å². The molecule has 4 heteroatoms. The number of fused-ring (bicyclic) bond motifs is 1. The third kappa shape index (κ3) is 1.59. The maximum absolute atomic E-state index is 5.52. The first-order valence-electron chi connectivity index (χ1n) is 5.92. The molecule has 84 valence electrons. The standard InChI is InChI=1S/C12H16N4/c13-7-6-10-8-16-12(14-10)5-4-11(15-16)9-2-1-3-9/h4-5,8-9H,1-3,6-7,13H2. The summed E-state index contributed by atoms with van der Waals surface area (Å²) in [7, 11) is 0. The van der Waals surface area contributed by atoms with Crippen LogP contribution in [0, 0.1) is 0 Å². The van der Waals surface area contributed by atoms with Crippen LogP contribution < -0.4 is 5.73 Å². The molecule has 0 aliphatic heterocycles. The lowest BCUT2D eigenvalue weighted by molar-refractivity contribution is 0.407. The molecule has 1 fully saturated rings. The molecule has 0 bridgehead atoms. The van der Waals surface area contributed by atoms with Gasteiger partial charge in [-0.25, -0.2) is 9.50 Å². The van der Waals surface area contributed by atoms with Crippen LogP contribution >= 0.6 is 0 Å². The number of nitrogens with zero attached hydrogens (tertiary/aromatic N) is 3. The predicted octanol–water partition coefficient (Wildman–Crippen LogP) is 1.50. The Labute approximate surface area is 94.5 Å². The van der Waals surface area contributed by atoms with Crippen molar-refractivity contribution in [3.63, 3.8) is 0 Å². The average Bonchev–Trinajstić information content (AvgIpc) is 2.57. The van der Waals surface area contributed by atoms with Crippen molar-refractivity contribution in [3.05, 3.63) is 29.7 Å². The van der Waals surface area contributed by atoms with E-state index in [4.69, 9.17) is 5.73 Å². The third-order valence-electron chi connectivity index (χ3n) is 3.31. The molecule has 0 unspecified atom stereocenters. The largest absolute Gasteiger partial charge is 0.330 e. The lowest BCUT2D eigenvalue weighted by Crippen LogP contribution is -2.11. The summed E-state index contributed by atoms with van der Waals surface area (Å²) >= 11 is 0. The van der Waals surface area contributed by atoms with E-state index in [0.717, 1.165) is 17.8 Å². The molecule has 2 aromatic heterocycles. The zero-order valence-corrected chi connectivity index (χ0v) is 9.26. The topological polar surface area (TPSA) is 56.2 Å². The van der Waals surface area contributed by atoms with Gasteiger partial charge in [-0.1, -0.05) is 6.42 Å². The predicted molar refractivity (Wildman–Crippen MR) is 62.3 cm³/mol. The summed E-state index contributed by atoms with van der Waals surface area (Å²) < 4.78 is 1.89. The number of hydrogen-bond donors (Lipinski definition) is 1. The van der Waals surface area contributed by atoms with Gasteiger partial charge in [0, 0.05) is 12.3 Å². The fourth-order valence-corrected chi connectivity index (χ4v) is 2.14. The molecular formula is C12H16N4. The molecule has 1 saturated carbocycles. The second-order valence-electron chi connectivity index (χ2n) is 4.46. The lowest BCUT2D eigenvalue weighted by atomic mass is 9.83. The van der Waals surface area contributed by atoms with Gasteiger partial charge in [0.25, 0.3) is 0 Å². The van der Waals surface area contributed by atoms with Gasteiger partial charge >= 0.3 is 0 Å². The smallest absolute Gasteiger partial charge is 0.153 e. The number of nitrogens with two attached hydrogens (primary N) is 1. The first-order chi connectivity index (χ1) is 7.86. The summed E-state index contributed by atoms with van der Waals surface area (Å²) in [6.45, 7) is 0.638. The van der Waals surface area contributed by atoms with E-state index in [9.17, 15) is 0 Å². The van der Waals surface area contributed by atoms with Crippen LogP contribution in [0.3, 0.4) is 0 Å². The fourth-order valence-electron chi connectivity index (χ4n) is 2.14. The molecule has 1 aliphatic rings. The molecule has 0 aromatic carbocycles. The Morgan fingerprint density at radius 2 is 2.25 bits per heavy atom. The Morgan fingerprint density at radius 3 is 2.94 bits per heavy atom. The highest BCUT2D eigenvalue weighted by Gasteiger charge is 2.21. The van der Waals surface area contributed by atoms with Gasteiger partial charge in [-0.2, -0.15) is 5.10 Å². The van der Waals surface area contributed by atoms with Crippen LogP contribution in [0.5, 0.6) is 0 Å². The van der Waals surface area contributed by atoms with Crippen LogP contribution in [-0.4, -0.2) is 21.1 Å². The van der Waals surface area contributed by atoms with E-state index in [0.29, 0.717) is 12.5 Å². The maximum atomic E-state index is 5.52. The summed E-state index contributed by atoms with van der Waals surface area (Å²) in [5, 5.41) is 4.61. The molecule has 0 amide bonds. The maximum Gasteiger partial charge on any atom is 0.153 e. The van der Waals surface area contributed by atoms with Crippen LogP contribution in [0.2, 0.25) is 0 Å². The number of imidazole rings is 1. The molecule has 16 heavy (non-hydrogen) atoms. The number of rotatable bonds is 3. The summed E-state index contributed by atoms with van der Waals surface area (Å²) in [4.78, 5) is 4.47. The van der Waals surface area contributed by atoms with Gasteiger partial charge in [0.15, 0.2) is 5.65 Å². The highest BCUT2D eigenvalue weighted by Crippen LogP contribution is 2.34. The highest BCUT2D eigenvalue weighted by molar-refractivity contribution is 5.39. The minimum Gasteiger partial charge on any atom is -0.330 e. The van der Waals surface area contributed by atoms with Crippen LogP contribution in [0.15, 0.2) is 18.3 Å². The van der Waals surface area contributed by atoms with Crippen molar-refractivity contribution in [1.29, 1.82) is 0 Å². The summed E-state index contributed by atoms with van der Waals surface area (Å²) in [6.07, 6.45) is 6.71. The Hall–Kier alpha value is -1.42. The van der Waals surface area contributed by atoms with Crippen LogP contribution in [0.4, 0.5) is 0 Å². The van der Waals surface area contributed by atoms with E-state index >= 15 is 0 Å². The van der Waals surface area contributed by atoms with Gasteiger partial charge < -0.3 is 5.73 Å². The second kappa shape index (κ2) is 3.87. The molecule has 2 heterocycles. The Balaban J connectivity index is 1.96. The van der Waals surface area contributed by atoms with Crippen LogP contribution in [0.1, 0.15) is 36.6 Å². The number of aromatic nitrogens is 3. The van der Waals surface area contributed by atoms with E-state index in [1.165, 1.54) is 25.0 Å². The average molecular weight is 216 g/mol. The SMILES string of the molecule is NCCc1cn2nc(C3CCC3)ccc2n1. The van der Waals surface area contributed by atoms with Crippen molar-refractivity contribution < 1.29 is 0 Å². The van der Waals surface area contributed by atoms with Crippen molar-refractivity contribution >= 4 is 5.65 Å². The van der Waals surface area contributed by atoms with E-state index in [-0.39, 0.29) is 0 Å². The van der Waals surface area contributed by atoms with Crippen LogP contribution in [0.25, 0.3) is 5.65 Å². The fraction of sp³-hybridized carbons (Fsp3) is 0.500. The molecule has 0 saturated heterocycles. The third-order valence-corrected chi connectivity index (χ3v) is 3.31. The number of hydrogen-bond acceptors (Lipinski definition) is 3. The Bertz CT molecular complexity index is 499. The van der Waals surface area contributed by atoms with Crippen molar-refractivity contribution in [1.82, 2.24) is 14.6 Å². The Kier molecular flexibility index (Phi) is 2.36. The van der Waals surface area contributed by atoms with E-state index < -0.39 is 0 Å². The summed E-state index contributed by atoms with van der Waals surface area (Å²) in [5.41, 5.74) is 8.68. The minimum atomic E-state index is 0.638. The van der Waals surface area contributed by atoms with Gasteiger partial charge in [-0.15, -0.1) is 0 Å². The van der Waals surface area contributed by atoms with Gasteiger partial charge in [0.1, 0.15) is 0 Å². The molecule has 2 N–H and O–H groups in total. The minimum absolute atomic E-state index is 0.638. The van der Waals surface area contributed by atoms with E-state index in [1.54, 1.807) is 0 Å². The highest BCUT2D eigenvalue weighted by atomic mass is 15.2. The molecule has 0 radical (unpaired) electrons. The summed E-state index contributed by atoms with van der Waals surface area (Å²) in [5.74, 6) is 0.671. The lowest BCUT2D eigenvalue weighted by Gasteiger charge is -2.24. The molecule has 0 atom stereocenters. The van der Waals surface area contributed by atoms with Crippen LogP contribution in [-0.2, 0) is 6.42 Å². The van der Waals surface area contributed by atoms with Crippen molar-refractivity contribution in [2.24, 2.45) is 5.73 Å². The van der Waals surface area contributed by atoms with Gasteiger partial charge in [-0.05, 0) is 31.5 Å². The molecule has 4 nitrogen and oxygen atoms in total.